The molecule has 3 fully saturated rings. The molecule has 0 N–H and O–H groups in total. The molecule has 0 aromatic rings. The lowest BCUT2D eigenvalue weighted by molar-refractivity contribution is -0.335. The number of nitrogens with zero attached hydrogens (tertiary/aromatic N) is 2. The largest absolute Gasteiger partial charge is 0.404 e. The second kappa shape index (κ2) is 4.75. The van der Waals surface area contributed by atoms with E-state index in [1.54, 1.807) is 0 Å². The van der Waals surface area contributed by atoms with Gasteiger partial charge in [0.1, 0.15) is 0 Å². The number of rotatable bonds is 2. The number of hydrogen-bond donors (Lipinski definition) is 0. The Morgan fingerprint density at radius 2 is 1.73 bits per heavy atom. The number of fused-ring (bicyclic) bond motifs is 1. The van der Waals surface area contributed by atoms with Crippen LogP contribution in [-0.2, 0) is 4.79 Å². The minimum absolute atomic E-state index is 0.000673. The molecule has 1 amide bonds. The lowest BCUT2D eigenvalue weighted by Crippen LogP contribution is -2.61. The van der Waals surface area contributed by atoms with Crippen LogP contribution in [0.1, 0.15) is 25.7 Å². The minimum atomic E-state index is -5.34. The van der Waals surface area contributed by atoms with Gasteiger partial charge in [0.15, 0.2) is 5.41 Å². The molecule has 0 unspecified atom stereocenters. The normalized spacial score (nSPS) is 32.3. The van der Waals surface area contributed by atoms with Gasteiger partial charge in [0, 0.05) is 19.1 Å². The molecular formula is C13H16F6N2O. The van der Waals surface area contributed by atoms with E-state index in [0.29, 0.717) is 0 Å². The molecule has 3 nitrogen and oxygen atoms in total. The molecule has 0 radical (unpaired) electrons. The summed E-state index contributed by atoms with van der Waals surface area (Å²) in [7, 11) is 0. The van der Waals surface area contributed by atoms with E-state index >= 15 is 0 Å². The van der Waals surface area contributed by atoms with Gasteiger partial charge in [-0.15, -0.1) is 0 Å². The van der Waals surface area contributed by atoms with E-state index in [0.717, 1.165) is 24.2 Å². The van der Waals surface area contributed by atoms with E-state index < -0.39 is 30.7 Å². The number of amides is 1. The van der Waals surface area contributed by atoms with Gasteiger partial charge < -0.3 is 4.90 Å². The topological polar surface area (TPSA) is 23.6 Å². The molecule has 0 aromatic heterocycles. The summed E-state index contributed by atoms with van der Waals surface area (Å²) >= 11 is 0. The minimum Gasteiger partial charge on any atom is -0.326 e. The Morgan fingerprint density at radius 1 is 1.09 bits per heavy atom. The van der Waals surface area contributed by atoms with Crippen LogP contribution in [0.25, 0.3) is 0 Å². The molecule has 0 spiro atoms. The third kappa shape index (κ3) is 2.11. The Hall–Kier alpha value is -0.990. The molecule has 22 heavy (non-hydrogen) atoms. The SMILES string of the molecule is O=C1[C@@H]2CCC[C@H]2N1CN1CCC(C(F)(F)F)(C(F)(F)F)C1. The van der Waals surface area contributed by atoms with Crippen LogP contribution in [0.15, 0.2) is 0 Å². The molecule has 3 rings (SSSR count). The van der Waals surface area contributed by atoms with E-state index in [-0.39, 0.29) is 31.1 Å². The van der Waals surface area contributed by atoms with Crippen molar-refractivity contribution in [2.45, 2.75) is 44.1 Å². The molecule has 1 aliphatic carbocycles. The van der Waals surface area contributed by atoms with E-state index in [9.17, 15) is 31.1 Å². The number of halogens is 6. The molecule has 126 valence electrons. The van der Waals surface area contributed by atoms with Crippen molar-refractivity contribution in [3.05, 3.63) is 0 Å². The van der Waals surface area contributed by atoms with E-state index in [2.05, 4.69) is 0 Å². The van der Waals surface area contributed by atoms with Crippen LogP contribution in [0.5, 0.6) is 0 Å². The second-order valence-electron chi connectivity index (χ2n) is 6.43. The smallest absolute Gasteiger partial charge is 0.326 e. The lowest BCUT2D eigenvalue weighted by atomic mass is 9.85. The zero-order valence-corrected chi connectivity index (χ0v) is 11.7. The first-order valence-corrected chi connectivity index (χ1v) is 7.23. The fourth-order valence-electron chi connectivity index (χ4n) is 3.92. The molecule has 2 atom stereocenters. The van der Waals surface area contributed by atoms with Crippen molar-refractivity contribution in [1.82, 2.24) is 9.80 Å². The summed E-state index contributed by atoms with van der Waals surface area (Å²) in [5.41, 5.74) is -3.68. The Labute approximate surface area is 123 Å². The van der Waals surface area contributed by atoms with Crippen molar-refractivity contribution in [2.75, 3.05) is 19.8 Å². The second-order valence-corrected chi connectivity index (χ2v) is 6.43. The molecule has 2 aliphatic heterocycles. The van der Waals surface area contributed by atoms with Crippen molar-refractivity contribution in [3.63, 3.8) is 0 Å². The van der Waals surface area contributed by atoms with Crippen molar-refractivity contribution in [1.29, 1.82) is 0 Å². The zero-order chi connectivity index (χ0) is 16.3. The number of hydrogen-bond acceptors (Lipinski definition) is 2. The maximum Gasteiger partial charge on any atom is 0.404 e. The van der Waals surface area contributed by atoms with Crippen LogP contribution in [0, 0.1) is 11.3 Å². The highest BCUT2D eigenvalue weighted by molar-refractivity contribution is 5.86. The molecule has 1 saturated carbocycles. The predicted octanol–water partition coefficient (Wildman–Crippen LogP) is 2.77. The van der Waals surface area contributed by atoms with Gasteiger partial charge in [-0.2, -0.15) is 26.3 Å². The number of likely N-dealkylation sites (tertiary alicyclic amines) is 2. The Balaban J connectivity index is 1.70. The predicted molar refractivity (Wildman–Crippen MR) is 63.6 cm³/mol. The third-order valence-corrected chi connectivity index (χ3v) is 5.27. The van der Waals surface area contributed by atoms with Gasteiger partial charge in [0.2, 0.25) is 5.91 Å². The highest BCUT2D eigenvalue weighted by atomic mass is 19.4. The number of β-lactam (4-membered cyclic amide) rings is 1. The summed E-state index contributed by atoms with van der Waals surface area (Å²) in [5.74, 6) is -0.211. The summed E-state index contributed by atoms with van der Waals surface area (Å²) in [6, 6.07) is -0.000673. The molecule has 3 aliphatic rings. The van der Waals surface area contributed by atoms with Gasteiger partial charge in [0.05, 0.1) is 12.6 Å². The van der Waals surface area contributed by atoms with Gasteiger partial charge >= 0.3 is 12.4 Å². The molecule has 2 saturated heterocycles. The van der Waals surface area contributed by atoms with Crippen LogP contribution < -0.4 is 0 Å². The average Bonchev–Trinajstić information content (AvgIpc) is 2.99. The number of carbonyl (C=O) groups excluding carboxylic acids is 1. The van der Waals surface area contributed by atoms with Crippen LogP contribution in [-0.4, -0.2) is 53.9 Å². The third-order valence-electron chi connectivity index (χ3n) is 5.27. The first-order chi connectivity index (χ1) is 10.1. The molecule has 9 heteroatoms. The van der Waals surface area contributed by atoms with Gasteiger partial charge in [-0.3, -0.25) is 9.69 Å². The average molecular weight is 330 g/mol. The van der Waals surface area contributed by atoms with Gasteiger partial charge in [-0.05, 0) is 19.3 Å². The van der Waals surface area contributed by atoms with Crippen molar-refractivity contribution in [2.24, 2.45) is 11.3 Å². The first-order valence-electron chi connectivity index (χ1n) is 7.23. The highest BCUT2D eigenvalue weighted by Crippen LogP contribution is 2.55. The molecule has 0 bridgehead atoms. The molecular weight excluding hydrogens is 314 g/mol. The number of alkyl halides is 6. The highest BCUT2D eigenvalue weighted by Gasteiger charge is 2.72. The number of carbonyl (C=O) groups is 1. The first kappa shape index (κ1) is 15.9. The lowest BCUT2D eigenvalue weighted by Gasteiger charge is -2.45. The zero-order valence-electron chi connectivity index (χ0n) is 11.7. The quantitative estimate of drug-likeness (QED) is 0.574. The summed E-state index contributed by atoms with van der Waals surface area (Å²) < 4.78 is 77.9. The fraction of sp³-hybridized carbons (Fsp3) is 0.923. The van der Waals surface area contributed by atoms with E-state index in [1.807, 2.05) is 0 Å². The summed E-state index contributed by atoms with van der Waals surface area (Å²) in [6.45, 7) is -1.56. The fourth-order valence-corrected chi connectivity index (χ4v) is 3.92. The van der Waals surface area contributed by atoms with Crippen molar-refractivity contribution >= 4 is 5.91 Å². The molecule has 2 heterocycles. The van der Waals surface area contributed by atoms with Crippen LogP contribution >= 0.6 is 0 Å². The van der Waals surface area contributed by atoms with Crippen LogP contribution in [0.3, 0.4) is 0 Å². The maximum atomic E-state index is 13.0. The van der Waals surface area contributed by atoms with Crippen molar-refractivity contribution < 1.29 is 31.1 Å². The van der Waals surface area contributed by atoms with Gasteiger partial charge in [-0.25, -0.2) is 0 Å². The van der Waals surface area contributed by atoms with Gasteiger partial charge in [-0.1, -0.05) is 6.42 Å². The summed E-state index contributed by atoms with van der Waals surface area (Å²) in [5, 5.41) is 0. The Morgan fingerprint density at radius 3 is 2.27 bits per heavy atom. The van der Waals surface area contributed by atoms with Crippen LogP contribution in [0.4, 0.5) is 26.3 Å². The van der Waals surface area contributed by atoms with Crippen molar-refractivity contribution in [3.8, 4) is 0 Å². The summed E-state index contributed by atoms with van der Waals surface area (Å²) in [4.78, 5) is 14.4. The van der Waals surface area contributed by atoms with E-state index in [4.69, 9.17) is 0 Å². The van der Waals surface area contributed by atoms with Gasteiger partial charge in [0.25, 0.3) is 0 Å². The Kier molecular flexibility index (Phi) is 3.43. The van der Waals surface area contributed by atoms with E-state index in [1.165, 1.54) is 4.90 Å². The monoisotopic (exact) mass is 330 g/mol. The maximum absolute atomic E-state index is 13.0. The Bertz CT molecular complexity index is 460. The van der Waals surface area contributed by atoms with Crippen LogP contribution in [0.2, 0.25) is 0 Å². The standard InChI is InChI=1S/C13H16F6N2O/c14-12(15,16)11(13(17,18)19)4-5-20(6-11)7-21-9-3-1-2-8(9)10(21)22/h8-9H,1-7H2/t8-,9-/m1/s1. The molecule has 0 aromatic carbocycles. The summed E-state index contributed by atoms with van der Waals surface area (Å²) in [6.07, 6.45) is -9.24.